The third-order valence-corrected chi connectivity index (χ3v) is 5.81. The lowest BCUT2D eigenvalue weighted by molar-refractivity contribution is 0.107. The minimum Gasteiger partial charge on any atom is -0.380 e. The van der Waals surface area contributed by atoms with Gasteiger partial charge in [-0.05, 0) is 31.4 Å². The summed E-state index contributed by atoms with van der Waals surface area (Å²) in [6.45, 7) is 4.87. The number of pyridine rings is 1. The number of nitrogens with zero attached hydrogens (tertiary/aromatic N) is 6. The van der Waals surface area contributed by atoms with Crippen LogP contribution in [0.4, 0.5) is 0 Å². The molecule has 2 atom stereocenters. The summed E-state index contributed by atoms with van der Waals surface area (Å²) in [5.41, 5.74) is 3.43. The van der Waals surface area contributed by atoms with Crippen molar-refractivity contribution in [3.05, 3.63) is 47.4 Å². The Hall–Kier alpha value is -2.25. The van der Waals surface area contributed by atoms with Gasteiger partial charge in [0.15, 0.2) is 5.82 Å². The maximum absolute atomic E-state index is 5.69. The van der Waals surface area contributed by atoms with Crippen molar-refractivity contribution in [2.24, 2.45) is 0 Å². The fourth-order valence-electron chi connectivity index (χ4n) is 4.42. The first-order chi connectivity index (χ1) is 12.7. The summed E-state index contributed by atoms with van der Waals surface area (Å²) < 4.78 is 10.2. The topological polar surface area (TPSA) is 60.5 Å². The lowest BCUT2D eigenvalue weighted by atomic mass is 10.2. The molecule has 0 unspecified atom stereocenters. The van der Waals surface area contributed by atoms with E-state index in [0.717, 1.165) is 49.8 Å². The fraction of sp³-hybridized carbons (Fsp3) is 0.526. The molecule has 0 amide bonds. The maximum atomic E-state index is 5.69. The van der Waals surface area contributed by atoms with Gasteiger partial charge in [-0.2, -0.15) is 0 Å². The van der Waals surface area contributed by atoms with E-state index in [1.165, 1.54) is 17.7 Å². The molecular formula is C19H24N6O. The molecule has 5 rings (SSSR count). The minimum absolute atomic E-state index is 0.232. The molecule has 26 heavy (non-hydrogen) atoms. The summed E-state index contributed by atoms with van der Waals surface area (Å²) in [6, 6.07) is 4.43. The number of likely N-dealkylation sites (tertiary alicyclic amines) is 1. The molecule has 7 heteroatoms. The van der Waals surface area contributed by atoms with Crippen molar-refractivity contribution in [1.82, 2.24) is 29.0 Å². The smallest absolute Gasteiger partial charge is 0.150 e. The van der Waals surface area contributed by atoms with E-state index in [4.69, 9.17) is 4.74 Å². The van der Waals surface area contributed by atoms with Crippen LogP contribution in [0.3, 0.4) is 0 Å². The first-order valence-electron chi connectivity index (χ1n) is 9.35. The summed E-state index contributed by atoms with van der Waals surface area (Å²) in [6.07, 6.45) is 7.50. The van der Waals surface area contributed by atoms with Crippen molar-refractivity contribution in [2.45, 2.75) is 51.4 Å². The third-order valence-electron chi connectivity index (χ3n) is 5.81. The highest BCUT2D eigenvalue weighted by atomic mass is 16.5. The van der Waals surface area contributed by atoms with Gasteiger partial charge >= 0.3 is 0 Å². The molecule has 3 aromatic heterocycles. The predicted octanol–water partition coefficient (Wildman–Crippen LogP) is 2.14. The summed E-state index contributed by atoms with van der Waals surface area (Å²) >= 11 is 0. The molecule has 5 heterocycles. The van der Waals surface area contributed by atoms with Crippen LogP contribution in [0.5, 0.6) is 0 Å². The number of imidazole rings is 1. The second-order valence-corrected chi connectivity index (χ2v) is 7.40. The Balaban J connectivity index is 1.48. The molecule has 2 aliphatic rings. The summed E-state index contributed by atoms with van der Waals surface area (Å²) in [5.74, 6) is 2.23. The highest BCUT2D eigenvalue weighted by Crippen LogP contribution is 2.35. The molecular weight excluding hydrogens is 328 g/mol. The van der Waals surface area contributed by atoms with Crippen LogP contribution >= 0.6 is 0 Å². The van der Waals surface area contributed by atoms with Gasteiger partial charge < -0.3 is 13.7 Å². The van der Waals surface area contributed by atoms with E-state index in [-0.39, 0.29) is 12.1 Å². The SMILES string of the molecule is CO[C@@H]1C[C@@H](c2nnc3n2CCC3)N(Cc2cnc3c(C)cccn23)C1. The standard InChI is InChI=1S/C19H24N6O/c1-13-5-3-7-24-14(10-20-18(13)24)11-23-12-15(26-2)9-16(23)19-22-21-17-6-4-8-25(17)19/h3,5,7,10,15-16H,4,6,8-9,11-12H2,1-2H3/t15-,16+/m1/s1. The Labute approximate surface area is 152 Å². The average Bonchev–Trinajstić information content (AvgIpc) is 3.39. The normalized spacial score (nSPS) is 23.2. The van der Waals surface area contributed by atoms with Crippen LogP contribution in [-0.2, 0) is 24.2 Å². The Morgan fingerprint density at radius 1 is 1.31 bits per heavy atom. The summed E-state index contributed by atoms with van der Waals surface area (Å²) in [5, 5.41) is 8.95. The number of methoxy groups -OCH3 is 1. The maximum Gasteiger partial charge on any atom is 0.150 e. The number of rotatable bonds is 4. The molecule has 1 saturated heterocycles. The number of fused-ring (bicyclic) bond motifs is 2. The predicted molar refractivity (Wildman–Crippen MR) is 96.8 cm³/mol. The van der Waals surface area contributed by atoms with E-state index in [0.29, 0.717) is 0 Å². The lowest BCUT2D eigenvalue weighted by Gasteiger charge is -2.23. The molecule has 0 N–H and O–H groups in total. The lowest BCUT2D eigenvalue weighted by Crippen LogP contribution is -2.27. The van der Waals surface area contributed by atoms with Crippen molar-refractivity contribution >= 4 is 5.65 Å². The molecule has 0 bridgehead atoms. The average molecular weight is 352 g/mol. The Morgan fingerprint density at radius 3 is 3.12 bits per heavy atom. The van der Waals surface area contributed by atoms with Gasteiger partial charge in [0.25, 0.3) is 0 Å². The highest BCUT2D eigenvalue weighted by molar-refractivity contribution is 5.48. The van der Waals surface area contributed by atoms with Gasteiger partial charge in [0.2, 0.25) is 0 Å². The Bertz CT molecular complexity index is 945. The summed E-state index contributed by atoms with van der Waals surface area (Å²) in [4.78, 5) is 7.08. The van der Waals surface area contributed by atoms with E-state index in [1.54, 1.807) is 7.11 Å². The second kappa shape index (κ2) is 6.17. The van der Waals surface area contributed by atoms with Gasteiger partial charge in [0, 0.05) is 39.4 Å². The zero-order valence-corrected chi connectivity index (χ0v) is 15.3. The van der Waals surface area contributed by atoms with Gasteiger partial charge in [0.1, 0.15) is 11.5 Å². The molecule has 0 spiro atoms. The molecule has 136 valence electrons. The Morgan fingerprint density at radius 2 is 2.23 bits per heavy atom. The van der Waals surface area contributed by atoms with E-state index in [9.17, 15) is 0 Å². The molecule has 0 aromatic carbocycles. The zero-order valence-electron chi connectivity index (χ0n) is 15.3. The van der Waals surface area contributed by atoms with Crippen molar-refractivity contribution in [3.63, 3.8) is 0 Å². The monoisotopic (exact) mass is 352 g/mol. The molecule has 1 fully saturated rings. The van der Waals surface area contributed by atoms with Crippen LogP contribution in [0.15, 0.2) is 24.5 Å². The largest absolute Gasteiger partial charge is 0.380 e. The quantitative estimate of drug-likeness (QED) is 0.720. The minimum atomic E-state index is 0.232. The number of aryl methyl sites for hydroxylation is 2. The molecule has 7 nitrogen and oxygen atoms in total. The van der Waals surface area contributed by atoms with Gasteiger partial charge in [-0.1, -0.05) is 6.07 Å². The number of ether oxygens (including phenoxy) is 1. The number of hydrogen-bond donors (Lipinski definition) is 0. The van der Waals surface area contributed by atoms with E-state index in [2.05, 4.69) is 54.3 Å². The van der Waals surface area contributed by atoms with Gasteiger partial charge in [-0.15, -0.1) is 10.2 Å². The number of hydrogen-bond acceptors (Lipinski definition) is 5. The Kier molecular flexibility index (Phi) is 3.79. The van der Waals surface area contributed by atoms with Gasteiger partial charge in [-0.25, -0.2) is 4.98 Å². The van der Waals surface area contributed by atoms with E-state index < -0.39 is 0 Å². The van der Waals surface area contributed by atoms with Crippen molar-refractivity contribution in [1.29, 1.82) is 0 Å². The van der Waals surface area contributed by atoms with Crippen molar-refractivity contribution in [2.75, 3.05) is 13.7 Å². The first-order valence-corrected chi connectivity index (χ1v) is 9.35. The van der Waals surface area contributed by atoms with Gasteiger partial charge in [-0.3, -0.25) is 4.90 Å². The zero-order chi connectivity index (χ0) is 17.7. The molecule has 0 saturated carbocycles. The van der Waals surface area contributed by atoms with E-state index in [1.807, 2.05) is 6.20 Å². The fourth-order valence-corrected chi connectivity index (χ4v) is 4.42. The van der Waals surface area contributed by atoms with Crippen LogP contribution in [-0.4, -0.2) is 48.8 Å². The molecule has 0 radical (unpaired) electrons. The van der Waals surface area contributed by atoms with Crippen molar-refractivity contribution in [3.8, 4) is 0 Å². The van der Waals surface area contributed by atoms with Crippen LogP contribution in [0.25, 0.3) is 5.65 Å². The highest BCUT2D eigenvalue weighted by Gasteiger charge is 2.37. The molecule has 2 aliphatic heterocycles. The third kappa shape index (κ3) is 2.46. The van der Waals surface area contributed by atoms with Crippen LogP contribution in [0, 0.1) is 6.92 Å². The number of aromatic nitrogens is 5. The molecule has 0 aliphatic carbocycles. The van der Waals surface area contributed by atoms with Crippen LogP contribution < -0.4 is 0 Å². The van der Waals surface area contributed by atoms with E-state index >= 15 is 0 Å². The van der Waals surface area contributed by atoms with Crippen molar-refractivity contribution < 1.29 is 4.74 Å². The van der Waals surface area contributed by atoms with Crippen LogP contribution in [0.1, 0.15) is 41.8 Å². The first kappa shape index (κ1) is 16.0. The van der Waals surface area contributed by atoms with Crippen LogP contribution in [0.2, 0.25) is 0 Å². The molecule has 3 aromatic rings. The van der Waals surface area contributed by atoms with Gasteiger partial charge in [0.05, 0.1) is 24.0 Å². The second-order valence-electron chi connectivity index (χ2n) is 7.40. The summed E-state index contributed by atoms with van der Waals surface area (Å²) in [7, 11) is 1.80.